The highest BCUT2D eigenvalue weighted by Gasteiger charge is 2.46. The number of likely N-dealkylation sites (N-methyl/N-ethyl adjacent to an activating group) is 1. The van der Waals surface area contributed by atoms with E-state index in [1.807, 2.05) is 0 Å². The summed E-state index contributed by atoms with van der Waals surface area (Å²) in [4.78, 5) is 8.94. The molecule has 0 N–H and O–H groups in total. The molecular weight excluding hydrogens is 330 g/mol. The third-order valence-corrected chi connectivity index (χ3v) is 6.73. The average Bonchev–Trinajstić information content (AvgIpc) is 2.90. The Kier molecular flexibility index (Phi) is 4.98. The van der Waals surface area contributed by atoms with Crippen LogP contribution in [-0.2, 0) is 16.4 Å². The van der Waals surface area contributed by atoms with Gasteiger partial charge in [0.15, 0.2) is 21.3 Å². The lowest BCUT2D eigenvalue weighted by Gasteiger charge is -2.43. The van der Waals surface area contributed by atoms with Gasteiger partial charge >= 0.3 is 0 Å². The molecule has 0 amide bonds. The van der Waals surface area contributed by atoms with Crippen molar-refractivity contribution in [2.45, 2.75) is 25.6 Å². The molecular formula is C16H25N3O4S. The van der Waals surface area contributed by atoms with Crippen LogP contribution in [-0.4, -0.2) is 80.6 Å². The van der Waals surface area contributed by atoms with Crippen LogP contribution in [0.5, 0.6) is 11.5 Å². The Morgan fingerprint density at radius 2 is 1.83 bits per heavy atom. The van der Waals surface area contributed by atoms with E-state index in [-0.39, 0.29) is 23.6 Å². The number of methoxy groups -OCH3 is 2. The molecule has 0 unspecified atom stereocenters. The fourth-order valence-corrected chi connectivity index (χ4v) is 5.88. The lowest BCUT2D eigenvalue weighted by molar-refractivity contribution is 0.0426. The van der Waals surface area contributed by atoms with E-state index in [9.17, 15) is 8.42 Å². The maximum Gasteiger partial charge on any atom is 0.183 e. The minimum absolute atomic E-state index is 0.0152. The van der Waals surface area contributed by atoms with Gasteiger partial charge in [-0.2, -0.15) is 0 Å². The van der Waals surface area contributed by atoms with Crippen LogP contribution in [0.15, 0.2) is 12.3 Å². The maximum absolute atomic E-state index is 12.2. The Hall–Kier alpha value is -1.38. The number of aromatic nitrogens is 1. The highest BCUT2D eigenvalue weighted by Crippen LogP contribution is 2.33. The third kappa shape index (κ3) is 3.22. The molecule has 3 heterocycles. The van der Waals surface area contributed by atoms with E-state index in [2.05, 4.69) is 21.7 Å². The summed E-state index contributed by atoms with van der Waals surface area (Å²) in [6.45, 7) is 5.23. The SMILES string of the molecule is CCN1CCN(Cc2nccc(OC)c2OC)[C@H]2CS(=O)(=O)C[C@H]21. The number of sulfone groups is 1. The van der Waals surface area contributed by atoms with Crippen LogP contribution >= 0.6 is 0 Å². The number of ether oxygens (including phenoxy) is 2. The van der Waals surface area contributed by atoms with Gasteiger partial charge in [-0.3, -0.25) is 14.8 Å². The quantitative estimate of drug-likeness (QED) is 0.757. The molecule has 0 aromatic carbocycles. The van der Waals surface area contributed by atoms with E-state index in [1.165, 1.54) is 0 Å². The van der Waals surface area contributed by atoms with Gasteiger partial charge in [-0.15, -0.1) is 0 Å². The molecule has 1 aromatic heterocycles. The standard InChI is InChI=1S/C16H25N3O4S/c1-4-18-7-8-19(14-11-24(20,21)10-13(14)18)9-12-16(23-3)15(22-2)5-6-17-12/h5-6,13-14H,4,7-11H2,1-3H3/t13-,14+/m1/s1. The second-order valence-corrected chi connectivity index (χ2v) is 8.46. The monoisotopic (exact) mass is 355 g/mol. The summed E-state index contributed by atoms with van der Waals surface area (Å²) in [5.74, 6) is 1.74. The molecule has 24 heavy (non-hydrogen) atoms. The molecule has 134 valence electrons. The minimum atomic E-state index is -2.99. The Morgan fingerprint density at radius 1 is 1.17 bits per heavy atom. The van der Waals surface area contributed by atoms with Crippen LogP contribution in [0.2, 0.25) is 0 Å². The first-order valence-corrected chi connectivity index (χ1v) is 10.1. The molecule has 7 nitrogen and oxygen atoms in total. The van der Waals surface area contributed by atoms with Gasteiger partial charge in [0, 0.05) is 44.0 Å². The molecule has 2 aliphatic rings. The molecule has 1 aromatic rings. The molecule has 0 saturated carbocycles. The van der Waals surface area contributed by atoms with Crippen molar-refractivity contribution >= 4 is 9.84 Å². The smallest absolute Gasteiger partial charge is 0.183 e. The topological polar surface area (TPSA) is 72.0 Å². The van der Waals surface area contributed by atoms with Crippen LogP contribution in [0.3, 0.4) is 0 Å². The van der Waals surface area contributed by atoms with Crippen molar-refractivity contribution in [2.75, 3.05) is 45.4 Å². The fraction of sp³-hybridized carbons (Fsp3) is 0.688. The first-order chi connectivity index (χ1) is 11.5. The number of piperazine rings is 1. The number of nitrogens with zero attached hydrogens (tertiary/aromatic N) is 3. The lowest BCUT2D eigenvalue weighted by Crippen LogP contribution is -2.58. The summed E-state index contributed by atoms with van der Waals surface area (Å²) in [7, 11) is 0.211. The van der Waals surface area contributed by atoms with E-state index >= 15 is 0 Å². The van der Waals surface area contributed by atoms with Gasteiger partial charge in [0.2, 0.25) is 0 Å². The summed E-state index contributed by atoms with van der Waals surface area (Å²) >= 11 is 0. The van der Waals surface area contributed by atoms with Crippen LogP contribution < -0.4 is 9.47 Å². The molecule has 2 saturated heterocycles. The van der Waals surface area contributed by atoms with Gasteiger partial charge in [0.05, 0.1) is 25.7 Å². The van der Waals surface area contributed by atoms with Gasteiger partial charge < -0.3 is 9.47 Å². The predicted molar refractivity (Wildman–Crippen MR) is 91.2 cm³/mol. The molecule has 0 aliphatic carbocycles. The molecule has 0 radical (unpaired) electrons. The summed E-state index contributed by atoms with van der Waals surface area (Å²) in [5, 5.41) is 0. The van der Waals surface area contributed by atoms with Crippen molar-refractivity contribution in [3.63, 3.8) is 0 Å². The van der Waals surface area contributed by atoms with Gasteiger partial charge in [0.1, 0.15) is 5.69 Å². The van der Waals surface area contributed by atoms with Crippen molar-refractivity contribution in [2.24, 2.45) is 0 Å². The lowest BCUT2D eigenvalue weighted by atomic mass is 10.0. The van der Waals surface area contributed by atoms with Crippen molar-refractivity contribution < 1.29 is 17.9 Å². The summed E-state index contributed by atoms with van der Waals surface area (Å²) in [5.41, 5.74) is 0.782. The number of hydrogen-bond acceptors (Lipinski definition) is 7. The number of hydrogen-bond donors (Lipinski definition) is 0. The summed E-state index contributed by atoms with van der Waals surface area (Å²) in [6, 6.07) is 1.85. The van der Waals surface area contributed by atoms with Crippen LogP contribution in [0.25, 0.3) is 0 Å². The Balaban J connectivity index is 1.86. The normalized spacial score (nSPS) is 27.0. The molecule has 0 bridgehead atoms. The molecule has 2 fully saturated rings. The summed E-state index contributed by atoms with van der Waals surface area (Å²) < 4.78 is 35.1. The van der Waals surface area contributed by atoms with E-state index < -0.39 is 9.84 Å². The van der Waals surface area contributed by atoms with E-state index in [1.54, 1.807) is 26.5 Å². The van der Waals surface area contributed by atoms with Gasteiger partial charge in [0.25, 0.3) is 0 Å². The van der Waals surface area contributed by atoms with Crippen molar-refractivity contribution in [3.05, 3.63) is 18.0 Å². The second-order valence-electron chi connectivity index (χ2n) is 6.30. The number of rotatable bonds is 5. The predicted octanol–water partition coefficient (Wildman–Crippen LogP) is 0.402. The first-order valence-electron chi connectivity index (χ1n) is 8.23. The van der Waals surface area contributed by atoms with Crippen LogP contribution in [0.4, 0.5) is 0 Å². The molecule has 2 atom stereocenters. The molecule has 3 rings (SSSR count). The molecule has 8 heteroatoms. The molecule has 2 aliphatic heterocycles. The van der Waals surface area contributed by atoms with Gasteiger partial charge in [-0.25, -0.2) is 8.42 Å². The largest absolute Gasteiger partial charge is 0.493 e. The summed E-state index contributed by atoms with van der Waals surface area (Å²) in [6.07, 6.45) is 1.70. The minimum Gasteiger partial charge on any atom is -0.493 e. The zero-order valence-electron chi connectivity index (χ0n) is 14.4. The van der Waals surface area contributed by atoms with E-state index in [0.717, 1.165) is 25.3 Å². The Bertz CT molecular complexity index is 695. The highest BCUT2D eigenvalue weighted by molar-refractivity contribution is 7.91. The van der Waals surface area contributed by atoms with Gasteiger partial charge in [-0.1, -0.05) is 6.92 Å². The Morgan fingerprint density at radius 3 is 2.46 bits per heavy atom. The van der Waals surface area contributed by atoms with E-state index in [4.69, 9.17) is 9.47 Å². The molecule has 0 spiro atoms. The zero-order valence-corrected chi connectivity index (χ0v) is 15.3. The van der Waals surface area contributed by atoms with Crippen molar-refractivity contribution in [1.29, 1.82) is 0 Å². The fourth-order valence-electron chi connectivity index (χ4n) is 3.84. The number of fused-ring (bicyclic) bond motifs is 1. The van der Waals surface area contributed by atoms with Gasteiger partial charge in [-0.05, 0) is 6.54 Å². The Labute approximate surface area is 143 Å². The maximum atomic E-state index is 12.2. The average molecular weight is 355 g/mol. The van der Waals surface area contributed by atoms with Crippen LogP contribution in [0.1, 0.15) is 12.6 Å². The van der Waals surface area contributed by atoms with E-state index in [0.29, 0.717) is 18.0 Å². The van der Waals surface area contributed by atoms with Crippen molar-refractivity contribution in [3.8, 4) is 11.5 Å². The number of pyridine rings is 1. The highest BCUT2D eigenvalue weighted by atomic mass is 32.2. The third-order valence-electron chi connectivity index (χ3n) is 5.03. The van der Waals surface area contributed by atoms with Crippen molar-refractivity contribution in [1.82, 2.24) is 14.8 Å². The van der Waals surface area contributed by atoms with Crippen LogP contribution in [0, 0.1) is 0 Å². The second kappa shape index (κ2) is 6.85. The first kappa shape index (κ1) is 17.4. The zero-order chi connectivity index (χ0) is 17.3.